The van der Waals surface area contributed by atoms with Gasteiger partial charge in [0.2, 0.25) is 0 Å². The average molecular weight is 236 g/mol. The molecular weight excluding hydrogens is 220 g/mol. The molecule has 0 spiro atoms. The van der Waals surface area contributed by atoms with Crippen LogP contribution in [0.2, 0.25) is 0 Å². The third-order valence-corrected chi connectivity index (χ3v) is 2.83. The zero-order valence-electron chi connectivity index (χ0n) is 9.81. The quantitative estimate of drug-likeness (QED) is 0.834. The second kappa shape index (κ2) is 5.29. The first-order valence-corrected chi connectivity index (χ1v) is 5.67. The van der Waals surface area contributed by atoms with Gasteiger partial charge in [0.05, 0.1) is 6.61 Å². The minimum atomic E-state index is -0.645. The van der Waals surface area contributed by atoms with Crippen LogP contribution in [0.25, 0.3) is 0 Å². The lowest BCUT2D eigenvalue weighted by molar-refractivity contribution is 0.0323. The van der Waals surface area contributed by atoms with Gasteiger partial charge in [-0.15, -0.1) is 0 Å². The van der Waals surface area contributed by atoms with Crippen molar-refractivity contribution in [3.8, 4) is 5.75 Å². The number of carbonyl (C=O) groups excluding carboxylic acids is 1. The van der Waals surface area contributed by atoms with Gasteiger partial charge in [0.15, 0.2) is 5.78 Å². The summed E-state index contributed by atoms with van der Waals surface area (Å²) in [5, 5.41) is 9.49. The van der Waals surface area contributed by atoms with Gasteiger partial charge in [-0.2, -0.15) is 0 Å². The van der Waals surface area contributed by atoms with Crippen molar-refractivity contribution in [3.63, 3.8) is 0 Å². The van der Waals surface area contributed by atoms with Crippen LogP contribution in [0, 0.1) is 0 Å². The van der Waals surface area contributed by atoms with Crippen LogP contribution in [-0.2, 0) is 11.2 Å². The smallest absolute Gasteiger partial charge is 0.163 e. The minimum absolute atomic E-state index is 0.169. The summed E-state index contributed by atoms with van der Waals surface area (Å²) in [6.07, 6.45) is 0.633. The summed E-state index contributed by atoms with van der Waals surface area (Å²) in [7, 11) is 1.53. The van der Waals surface area contributed by atoms with Crippen molar-refractivity contribution < 1.29 is 19.4 Å². The highest BCUT2D eigenvalue weighted by molar-refractivity contribution is 6.01. The Labute approximate surface area is 100 Å². The van der Waals surface area contributed by atoms with Crippen molar-refractivity contribution in [1.82, 2.24) is 0 Å². The predicted octanol–water partition coefficient (Wildman–Crippen LogP) is 1.20. The van der Waals surface area contributed by atoms with Crippen LogP contribution < -0.4 is 4.74 Å². The third kappa shape index (κ3) is 2.65. The summed E-state index contributed by atoms with van der Waals surface area (Å²) in [5.74, 6) is 0.867. The molecule has 1 N–H and O–H groups in total. The number of rotatable bonds is 5. The van der Waals surface area contributed by atoms with E-state index in [-0.39, 0.29) is 19.0 Å². The standard InChI is InChI=1S/C13H16O4/c1-16-7-9(14)8-17-13-4-2-3-10-11(13)5-6-12(10)15/h2-4,9,14H,5-8H2,1H3. The van der Waals surface area contributed by atoms with Crippen molar-refractivity contribution in [1.29, 1.82) is 0 Å². The van der Waals surface area contributed by atoms with Gasteiger partial charge in [-0.05, 0) is 12.5 Å². The molecule has 0 bridgehead atoms. The van der Waals surface area contributed by atoms with E-state index < -0.39 is 6.10 Å². The van der Waals surface area contributed by atoms with Gasteiger partial charge < -0.3 is 14.6 Å². The number of ketones is 1. The molecule has 1 aromatic rings. The maximum atomic E-state index is 11.5. The molecule has 4 heteroatoms. The number of aliphatic hydroxyl groups is 1. The van der Waals surface area contributed by atoms with E-state index in [1.54, 1.807) is 6.07 Å². The van der Waals surface area contributed by atoms with Crippen molar-refractivity contribution in [2.45, 2.75) is 18.9 Å². The second-order valence-corrected chi connectivity index (χ2v) is 4.13. The molecule has 17 heavy (non-hydrogen) atoms. The fraction of sp³-hybridized carbons (Fsp3) is 0.462. The molecule has 0 aliphatic heterocycles. The van der Waals surface area contributed by atoms with E-state index in [2.05, 4.69) is 0 Å². The molecule has 1 aromatic carbocycles. The largest absolute Gasteiger partial charge is 0.490 e. The monoisotopic (exact) mass is 236 g/mol. The van der Waals surface area contributed by atoms with E-state index >= 15 is 0 Å². The predicted molar refractivity (Wildman–Crippen MR) is 62.5 cm³/mol. The van der Waals surface area contributed by atoms with Gasteiger partial charge >= 0.3 is 0 Å². The zero-order valence-corrected chi connectivity index (χ0v) is 9.81. The van der Waals surface area contributed by atoms with Gasteiger partial charge in [-0.1, -0.05) is 12.1 Å². The van der Waals surface area contributed by atoms with Gasteiger partial charge in [0, 0.05) is 24.7 Å². The molecule has 2 rings (SSSR count). The number of methoxy groups -OCH3 is 1. The molecule has 0 fully saturated rings. The Kier molecular flexibility index (Phi) is 3.76. The van der Waals surface area contributed by atoms with Crippen LogP contribution in [0.5, 0.6) is 5.75 Å². The Morgan fingerprint density at radius 3 is 2.94 bits per heavy atom. The molecule has 0 amide bonds. The lowest BCUT2D eigenvalue weighted by atomic mass is 10.1. The Bertz CT molecular complexity index is 414. The normalized spacial score (nSPS) is 15.8. The van der Waals surface area contributed by atoms with E-state index in [0.717, 1.165) is 17.5 Å². The third-order valence-electron chi connectivity index (χ3n) is 2.83. The maximum Gasteiger partial charge on any atom is 0.163 e. The Hall–Kier alpha value is -1.39. The van der Waals surface area contributed by atoms with E-state index in [1.165, 1.54) is 7.11 Å². The number of benzene rings is 1. The van der Waals surface area contributed by atoms with Crippen molar-refractivity contribution in [3.05, 3.63) is 29.3 Å². The summed E-state index contributed by atoms with van der Waals surface area (Å²) < 4.78 is 10.3. The Morgan fingerprint density at radius 2 is 2.18 bits per heavy atom. The summed E-state index contributed by atoms with van der Waals surface area (Å²) in [4.78, 5) is 11.5. The molecule has 1 atom stereocenters. The molecule has 0 saturated heterocycles. The van der Waals surface area contributed by atoms with Crippen molar-refractivity contribution in [2.75, 3.05) is 20.3 Å². The van der Waals surface area contributed by atoms with E-state index in [1.807, 2.05) is 12.1 Å². The van der Waals surface area contributed by atoms with Crippen LogP contribution in [0.15, 0.2) is 18.2 Å². The van der Waals surface area contributed by atoms with E-state index in [4.69, 9.17) is 9.47 Å². The number of hydrogen-bond acceptors (Lipinski definition) is 4. The summed E-state index contributed by atoms with van der Waals surface area (Å²) in [6.45, 7) is 0.423. The number of ether oxygens (including phenoxy) is 2. The fourth-order valence-corrected chi connectivity index (χ4v) is 2.02. The molecule has 92 valence electrons. The maximum absolute atomic E-state index is 11.5. The lowest BCUT2D eigenvalue weighted by Gasteiger charge is -2.13. The average Bonchev–Trinajstić information content (AvgIpc) is 2.70. The van der Waals surface area contributed by atoms with Crippen LogP contribution in [0.3, 0.4) is 0 Å². The Morgan fingerprint density at radius 1 is 1.35 bits per heavy atom. The summed E-state index contributed by atoms with van der Waals surface area (Å²) in [6, 6.07) is 5.46. The van der Waals surface area contributed by atoms with Gasteiger partial charge in [0.25, 0.3) is 0 Å². The molecular formula is C13H16O4. The van der Waals surface area contributed by atoms with Crippen molar-refractivity contribution >= 4 is 5.78 Å². The first kappa shape index (κ1) is 12.1. The highest BCUT2D eigenvalue weighted by Crippen LogP contribution is 2.30. The first-order valence-electron chi connectivity index (χ1n) is 5.67. The fourth-order valence-electron chi connectivity index (χ4n) is 2.02. The van der Waals surface area contributed by atoms with Gasteiger partial charge in [-0.25, -0.2) is 0 Å². The molecule has 1 aliphatic rings. The number of aliphatic hydroxyl groups excluding tert-OH is 1. The Balaban J connectivity index is 2.05. The van der Waals surface area contributed by atoms with Crippen LogP contribution in [0.4, 0.5) is 0 Å². The minimum Gasteiger partial charge on any atom is -0.490 e. The van der Waals surface area contributed by atoms with Crippen molar-refractivity contribution in [2.24, 2.45) is 0 Å². The van der Waals surface area contributed by atoms with E-state index in [9.17, 15) is 9.90 Å². The zero-order chi connectivity index (χ0) is 12.3. The molecule has 0 radical (unpaired) electrons. The SMILES string of the molecule is COCC(O)COc1cccc2c1CCC2=O. The van der Waals surface area contributed by atoms with Gasteiger partial charge in [-0.3, -0.25) is 4.79 Å². The second-order valence-electron chi connectivity index (χ2n) is 4.13. The molecule has 0 heterocycles. The highest BCUT2D eigenvalue weighted by Gasteiger charge is 2.22. The van der Waals surface area contributed by atoms with Crippen LogP contribution in [0.1, 0.15) is 22.3 Å². The number of carbonyl (C=O) groups is 1. The van der Waals surface area contributed by atoms with Crippen LogP contribution >= 0.6 is 0 Å². The summed E-state index contributed by atoms with van der Waals surface area (Å²) in [5.41, 5.74) is 1.71. The molecule has 0 saturated carbocycles. The topological polar surface area (TPSA) is 55.8 Å². The lowest BCUT2D eigenvalue weighted by Crippen LogP contribution is -2.22. The number of hydrogen-bond donors (Lipinski definition) is 1. The first-order chi connectivity index (χ1) is 8.22. The molecule has 1 unspecified atom stereocenters. The number of fused-ring (bicyclic) bond motifs is 1. The molecule has 1 aliphatic carbocycles. The molecule has 4 nitrogen and oxygen atoms in total. The van der Waals surface area contributed by atoms with E-state index in [0.29, 0.717) is 12.2 Å². The van der Waals surface area contributed by atoms with Gasteiger partial charge in [0.1, 0.15) is 18.5 Å². The molecule has 0 aromatic heterocycles. The van der Waals surface area contributed by atoms with Crippen LogP contribution in [-0.4, -0.2) is 37.3 Å². The summed E-state index contributed by atoms with van der Waals surface area (Å²) >= 11 is 0. The number of Topliss-reactive ketones (excluding diaryl/α,β-unsaturated/α-hetero) is 1. The highest BCUT2D eigenvalue weighted by atomic mass is 16.5.